The molecule has 0 amide bonds. The molecule has 1 aromatic heterocycles. The Hall–Kier alpha value is -1.62. The minimum atomic E-state index is -1.50. The van der Waals surface area contributed by atoms with Crippen LogP contribution in [0, 0.1) is 0 Å². The highest BCUT2D eigenvalue weighted by Crippen LogP contribution is 2.00. The van der Waals surface area contributed by atoms with Crippen LogP contribution in [0.3, 0.4) is 0 Å². The molecule has 0 aliphatic heterocycles. The molecule has 0 atom stereocenters. The standard InChI is InChI=1S/C6H4O4.H2O/c7-5(6(8)9)4-2-1-3-10-4;/h1-3H,(H,8,9);1H2. The topological polar surface area (TPSA) is 99.0 Å². The van der Waals surface area contributed by atoms with E-state index < -0.39 is 11.8 Å². The van der Waals surface area contributed by atoms with Crippen molar-refractivity contribution >= 4 is 11.8 Å². The summed E-state index contributed by atoms with van der Waals surface area (Å²) in [6.07, 6.45) is 1.25. The van der Waals surface area contributed by atoms with Gasteiger partial charge < -0.3 is 15.0 Å². The number of furan rings is 1. The van der Waals surface area contributed by atoms with E-state index in [0.29, 0.717) is 0 Å². The van der Waals surface area contributed by atoms with Crippen LogP contribution in [0.5, 0.6) is 0 Å². The van der Waals surface area contributed by atoms with E-state index in [9.17, 15) is 9.59 Å². The lowest BCUT2D eigenvalue weighted by molar-refractivity contribution is -0.131. The van der Waals surface area contributed by atoms with Crippen molar-refractivity contribution in [3.63, 3.8) is 0 Å². The van der Waals surface area contributed by atoms with Gasteiger partial charge in [-0.2, -0.15) is 0 Å². The molecular formula is C6H6O5. The SMILES string of the molecule is O.O=C(O)C(=O)c1ccco1. The number of hydrogen-bond donors (Lipinski definition) is 1. The molecule has 0 bridgehead atoms. The Labute approximate surface area is 61.6 Å². The fraction of sp³-hybridized carbons (Fsp3) is 0. The minimum absolute atomic E-state index is 0. The maximum Gasteiger partial charge on any atom is 0.380 e. The largest absolute Gasteiger partial charge is 0.475 e. The van der Waals surface area contributed by atoms with Crippen LogP contribution in [0.15, 0.2) is 22.8 Å². The third kappa shape index (κ3) is 1.91. The van der Waals surface area contributed by atoms with Crippen LogP contribution >= 0.6 is 0 Å². The normalized spacial score (nSPS) is 8.36. The van der Waals surface area contributed by atoms with Crippen LogP contribution in [0.1, 0.15) is 10.6 Å². The number of carboxylic acids is 1. The van der Waals surface area contributed by atoms with Crippen molar-refractivity contribution in [1.29, 1.82) is 0 Å². The summed E-state index contributed by atoms with van der Waals surface area (Å²) >= 11 is 0. The highest BCUT2D eigenvalue weighted by molar-refractivity contribution is 6.38. The summed E-state index contributed by atoms with van der Waals surface area (Å²) < 4.78 is 4.53. The molecule has 3 N–H and O–H groups in total. The van der Waals surface area contributed by atoms with Crippen molar-refractivity contribution in [2.75, 3.05) is 0 Å². The molecule has 1 heterocycles. The minimum Gasteiger partial charge on any atom is -0.475 e. The molecule has 0 radical (unpaired) electrons. The quantitative estimate of drug-likeness (QED) is 0.472. The van der Waals surface area contributed by atoms with Gasteiger partial charge in [-0.05, 0) is 12.1 Å². The van der Waals surface area contributed by atoms with E-state index in [4.69, 9.17) is 5.11 Å². The first-order chi connectivity index (χ1) is 4.72. The molecule has 11 heavy (non-hydrogen) atoms. The fourth-order valence-corrected chi connectivity index (χ4v) is 0.513. The van der Waals surface area contributed by atoms with Gasteiger partial charge in [-0.15, -0.1) is 0 Å². The van der Waals surface area contributed by atoms with E-state index in [-0.39, 0.29) is 11.2 Å². The van der Waals surface area contributed by atoms with E-state index in [1.165, 1.54) is 18.4 Å². The first-order valence-corrected chi connectivity index (χ1v) is 2.53. The smallest absolute Gasteiger partial charge is 0.380 e. The van der Waals surface area contributed by atoms with Crippen molar-refractivity contribution in [3.8, 4) is 0 Å². The second-order valence-electron chi connectivity index (χ2n) is 1.61. The van der Waals surface area contributed by atoms with Gasteiger partial charge in [-0.25, -0.2) is 4.79 Å². The van der Waals surface area contributed by atoms with Gasteiger partial charge in [-0.1, -0.05) is 0 Å². The average Bonchev–Trinajstić information content (AvgIpc) is 2.36. The van der Waals surface area contributed by atoms with Gasteiger partial charge >= 0.3 is 11.8 Å². The van der Waals surface area contributed by atoms with Crippen LogP contribution in [0.4, 0.5) is 0 Å². The van der Waals surface area contributed by atoms with E-state index in [1.54, 1.807) is 0 Å². The van der Waals surface area contributed by atoms with Gasteiger partial charge in [0, 0.05) is 0 Å². The summed E-state index contributed by atoms with van der Waals surface area (Å²) in [4.78, 5) is 20.5. The Morgan fingerprint density at radius 2 is 2.09 bits per heavy atom. The Kier molecular flexibility index (Phi) is 3.01. The second-order valence-corrected chi connectivity index (χ2v) is 1.61. The predicted octanol–water partition coefficient (Wildman–Crippen LogP) is -0.278. The molecule has 0 spiro atoms. The molecule has 5 nitrogen and oxygen atoms in total. The number of ketones is 1. The number of carbonyl (C=O) groups is 2. The highest BCUT2D eigenvalue weighted by Gasteiger charge is 2.16. The second kappa shape index (κ2) is 3.52. The number of carbonyl (C=O) groups excluding carboxylic acids is 1. The van der Waals surface area contributed by atoms with Crippen molar-refractivity contribution in [1.82, 2.24) is 0 Å². The van der Waals surface area contributed by atoms with Gasteiger partial charge in [0.25, 0.3) is 0 Å². The summed E-state index contributed by atoms with van der Waals surface area (Å²) in [6.45, 7) is 0. The Balaban J connectivity index is 0.000001000. The molecule has 0 aliphatic carbocycles. The van der Waals surface area contributed by atoms with E-state index in [0.717, 1.165) is 0 Å². The molecular weight excluding hydrogens is 152 g/mol. The number of Topliss-reactive ketones (excluding diaryl/α,β-unsaturated/α-hetero) is 1. The van der Waals surface area contributed by atoms with Crippen molar-refractivity contribution in [2.45, 2.75) is 0 Å². The molecule has 0 aromatic carbocycles. The predicted molar refractivity (Wildman–Crippen MR) is 34.3 cm³/mol. The Morgan fingerprint density at radius 1 is 1.45 bits per heavy atom. The average molecular weight is 158 g/mol. The molecule has 60 valence electrons. The summed E-state index contributed by atoms with van der Waals surface area (Å²) in [5, 5.41) is 8.14. The van der Waals surface area contributed by atoms with Crippen LogP contribution in [0.2, 0.25) is 0 Å². The van der Waals surface area contributed by atoms with Crippen LogP contribution in [0.25, 0.3) is 0 Å². The summed E-state index contributed by atoms with van der Waals surface area (Å²) in [6, 6.07) is 2.76. The molecule has 5 heteroatoms. The van der Waals surface area contributed by atoms with Crippen LogP contribution < -0.4 is 0 Å². The zero-order chi connectivity index (χ0) is 7.56. The van der Waals surface area contributed by atoms with Crippen LogP contribution in [-0.2, 0) is 4.79 Å². The van der Waals surface area contributed by atoms with E-state index in [1.807, 2.05) is 0 Å². The van der Waals surface area contributed by atoms with Crippen molar-refractivity contribution < 1.29 is 24.6 Å². The zero-order valence-corrected chi connectivity index (χ0v) is 5.40. The highest BCUT2D eigenvalue weighted by atomic mass is 16.4. The van der Waals surface area contributed by atoms with Gasteiger partial charge in [0.05, 0.1) is 6.26 Å². The first-order valence-electron chi connectivity index (χ1n) is 2.53. The molecule has 0 saturated heterocycles. The maximum absolute atomic E-state index is 10.5. The number of aliphatic carboxylic acids is 1. The lowest BCUT2D eigenvalue weighted by Crippen LogP contribution is -2.11. The number of hydrogen-bond acceptors (Lipinski definition) is 3. The number of carboxylic acid groups (broad SMARTS) is 1. The Bertz CT molecular complexity index is 248. The molecule has 0 fully saturated rings. The first kappa shape index (κ1) is 9.38. The maximum atomic E-state index is 10.5. The molecule has 1 aromatic rings. The van der Waals surface area contributed by atoms with E-state index in [2.05, 4.69) is 4.42 Å². The van der Waals surface area contributed by atoms with Crippen molar-refractivity contribution in [3.05, 3.63) is 24.2 Å². The third-order valence-electron chi connectivity index (χ3n) is 0.939. The lowest BCUT2D eigenvalue weighted by atomic mass is 10.3. The van der Waals surface area contributed by atoms with Gasteiger partial charge in [0.1, 0.15) is 0 Å². The van der Waals surface area contributed by atoms with Crippen molar-refractivity contribution in [2.24, 2.45) is 0 Å². The zero-order valence-electron chi connectivity index (χ0n) is 5.40. The summed E-state index contributed by atoms with van der Waals surface area (Å²) in [5.41, 5.74) is 0. The monoisotopic (exact) mass is 158 g/mol. The summed E-state index contributed by atoms with van der Waals surface area (Å²) in [7, 11) is 0. The molecule has 1 rings (SSSR count). The van der Waals surface area contributed by atoms with Gasteiger partial charge in [0.15, 0.2) is 5.76 Å². The molecule has 0 unspecified atom stereocenters. The van der Waals surface area contributed by atoms with Crippen LogP contribution in [-0.4, -0.2) is 22.3 Å². The lowest BCUT2D eigenvalue weighted by Gasteiger charge is -1.84. The van der Waals surface area contributed by atoms with E-state index >= 15 is 0 Å². The Morgan fingerprint density at radius 3 is 2.45 bits per heavy atom. The van der Waals surface area contributed by atoms with Gasteiger partial charge in [-0.3, -0.25) is 4.79 Å². The summed E-state index contributed by atoms with van der Waals surface area (Å²) in [5.74, 6) is -2.67. The molecule has 0 aliphatic rings. The molecule has 0 saturated carbocycles. The van der Waals surface area contributed by atoms with Gasteiger partial charge in [0.2, 0.25) is 0 Å². The third-order valence-corrected chi connectivity index (χ3v) is 0.939. The fourth-order valence-electron chi connectivity index (χ4n) is 0.513. The number of rotatable bonds is 2.